The van der Waals surface area contributed by atoms with E-state index in [4.69, 9.17) is 4.74 Å². The fourth-order valence-corrected chi connectivity index (χ4v) is 3.07. The van der Waals surface area contributed by atoms with E-state index >= 15 is 0 Å². The number of aromatic nitrogens is 1. The standard InChI is InChI=1S/C17H24N4OS/c1-12-13(2)23-16(21-12)10-20-17(18-3)19-9-14-7-5-6-8-15(14)11-22-4/h5-8H,9-11H2,1-4H3,(H2,18,19,20). The van der Waals surface area contributed by atoms with Crippen molar-refractivity contribution in [1.82, 2.24) is 15.6 Å². The van der Waals surface area contributed by atoms with Crippen LogP contribution in [-0.4, -0.2) is 25.1 Å². The van der Waals surface area contributed by atoms with Gasteiger partial charge in [0.05, 0.1) is 18.8 Å². The summed E-state index contributed by atoms with van der Waals surface area (Å²) in [6.07, 6.45) is 0. The van der Waals surface area contributed by atoms with Gasteiger partial charge < -0.3 is 15.4 Å². The van der Waals surface area contributed by atoms with Crippen molar-refractivity contribution >= 4 is 17.3 Å². The van der Waals surface area contributed by atoms with E-state index in [9.17, 15) is 0 Å². The predicted molar refractivity (Wildman–Crippen MR) is 95.8 cm³/mol. The molecule has 0 aliphatic rings. The van der Waals surface area contributed by atoms with E-state index in [-0.39, 0.29) is 0 Å². The lowest BCUT2D eigenvalue weighted by Gasteiger charge is -2.13. The Morgan fingerprint density at radius 2 is 1.87 bits per heavy atom. The van der Waals surface area contributed by atoms with Crippen LogP contribution in [0.1, 0.15) is 26.7 Å². The van der Waals surface area contributed by atoms with Crippen LogP contribution in [0.4, 0.5) is 0 Å². The summed E-state index contributed by atoms with van der Waals surface area (Å²) in [6, 6.07) is 8.24. The largest absolute Gasteiger partial charge is 0.380 e. The average Bonchev–Trinajstić information content (AvgIpc) is 2.87. The number of methoxy groups -OCH3 is 1. The Morgan fingerprint density at radius 3 is 2.48 bits per heavy atom. The molecular formula is C17H24N4OS. The van der Waals surface area contributed by atoms with Gasteiger partial charge >= 0.3 is 0 Å². The van der Waals surface area contributed by atoms with Gasteiger partial charge in [0.25, 0.3) is 0 Å². The SMILES string of the molecule is CN=C(NCc1nc(C)c(C)s1)NCc1ccccc1COC. The number of nitrogens with one attached hydrogen (secondary N) is 2. The first-order valence-corrected chi connectivity index (χ1v) is 8.38. The molecule has 0 fully saturated rings. The number of rotatable bonds is 6. The van der Waals surface area contributed by atoms with Crippen LogP contribution in [0.3, 0.4) is 0 Å². The molecular weight excluding hydrogens is 308 g/mol. The van der Waals surface area contributed by atoms with Gasteiger partial charge in [0.2, 0.25) is 0 Å². The minimum atomic E-state index is 0.613. The van der Waals surface area contributed by atoms with E-state index in [0.717, 1.165) is 16.7 Å². The van der Waals surface area contributed by atoms with Crippen molar-refractivity contribution in [3.63, 3.8) is 0 Å². The van der Waals surface area contributed by atoms with E-state index in [0.29, 0.717) is 19.7 Å². The lowest BCUT2D eigenvalue weighted by Crippen LogP contribution is -2.36. The first kappa shape index (κ1) is 17.4. The third-order valence-corrected chi connectivity index (χ3v) is 4.64. The van der Waals surface area contributed by atoms with Gasteiger partial charge in [-0.2, -0.15) is 0 Å². The summed E-state index contributed by atoms with van der Waals surface area (Å²) >= 11 is 1.72. The minimum absolute atomic E-state index is 0.613. The van der Waals surface area contributed by atoms with Crippen LogP contribution in [-0.2, 0) is 24.4 Å². The van der Waals surface area contributed by atoms with Gasteiger partial charge in [0.15, 0.2) is 5.96 Å². The van der Waals surface area contributed by atoms with Gasteiger partial charge in [0.1, 0.15) is 5.01 Å². The fourth-order valence-electron chi connectivity index (χ4n) is 2.20. The molecule has 0 saturated heterocycles. The molecule has 0 amide bonds. The molecule has 0 aliphatic heterocycles. The molecule has 1 heterocycles. The minimum Gasteiger partial charge on any atom is -0.380 e. The Bertz CT molecular complexity index is 647. The number of aliphatic imine (C=N–C) groups is 1. The molecule has 2 N–H and O–H groups in total. The number of hydrogen-bond acceptors (Lipinski definition) is 4. The van der Waals surface area contributed by atoms with Gasteiger partial charge in [-0.05, 0) is 25.0 Å². The molecule has 1 aromatic carbocycles. The topological polar surface area (TPSA) is 58.5 Å². The Hall–Kier alpha value is -1.92. The van der Waals surface area contributed by atoms with E-state index in [2.05, 4.69) is 39.7 Å². The van der Waals surface area contributed by atoms with Gasteiger partial charge in [-0.25, -0.2) is 4.98 Å². The number of ether oxygens (including phenoxy) is 1. The summed E-state index contributed by atoms with van der Waals surface area (Å²) in [7, 11) is 3.48. The molecule has 2 rings (SSSR count). The number of hydrogen-bond donors (Lipinski definition) is 2. The summed E-state index contributed by atoms with van der Waals surface area (Å²) in [5.41, 5.74) is 3.49. The highest BCUT2D eigenvalue weighted by Gasteiger charge is 2.06. The van der Waals surface area contributed by atoms with Crippen LogP contribution in [0.15, 0.2) is 29.3 Å². The van der Waals surface area contributed by atoms with Crippen molar-refractivity contribution in [3.05, 3.63) is 51.0 Å². The van der Waals surface area contributed by atoms with E-state index in [1.165, 1.54) is 16.0 Å². The highest BCUT2D eigenvalue weighted by molar-refractivity contribution is 7.11. The van der Waals surface area contributed by atoms with Gasteiger partial charge in [-0.3, -0.25) is 4.99 Å². The van der Waals surface area contributed by atoms with Gasteiger partial charge in [-0.1, -0.05) is 24.3 Å². The Morgan fingerprint density at radius 1 is 1.17 bits per heavy atom. The molecule has 0 atom stereocenters. The zero-order valence-electron chi connectivity index (χ0n) is 14.1. The fraction of sp³-hybridized carbons (Fsp3) is 0.412. The molecule has 23 heavy (non-hydrogen) atoms. The predicted octanol–water partition coefficient (Wildman–Crippen LogP) is 2.77. The molecule has 0 saturated carbocycles. The number of thiazole rings is 1. The summed E-state index contributed by atoms with van der Waals surface area (Å²) in [4.78, 5) is 10.1. The van der Waals surface area contributed by atoms with Crippen molar-refractivity contribution in [2.24, 2.45) is 4.99 Å². The normalized spacial score (nSPS) is 11.6. The van der Waals surface area contributed by atoms with Crippen LogP contribution in [0, 0.1) is 13.8 Å². The van der Waals surface area contributed by atoms with Gasteiger partial charge in [0, 0.05) is 25.6 Å². The molecule has 0 radical (unpaired) electrons. The van der Waals surface area contributed by atoms with Crippen molar-refractivity contribution in [1.29, 1.82) is 0 Å². The highest BCUT2D eigenvalue weighted by Crippen LogP contribution is 2.16. The number of benzene rings is 1. The maximum atomic E-state index is 5.24. The van der Waals surface area contributed by atoms with Crippen LogP contribution >= 0.6 is 11.3 Å². The monoisotopic (exact) mass is 332 g/mol. The van der Waals surface area contributed by atoms with Gasteiger partial charge in [-0.15, -0.1) is 11.3 Å². The van der Waals surface area contributed by atoms with Crippen LogP contribution in [0.5, 0.6) is 0 Å². The maximum Gasteiger partial charge on any atom is 0.191 e. The van der Waals surface area contributed by atoms with E-state index in [1.54, 1.807) is 25.5 Å². The smallest absolute Gasteiger partial charge is 0.191 e. The van der Waals surface area contributed by atoms with Crippen molar-refractivity contribution in [2.45, 2.75) is 33.5 Å². The molecule has 0 spiro atoms. The molecule has 5 nitrogen and oxygen atoms in total. The molecule has 1 aromatic heterocycles. The van der Waals surface area contributed by atoms with E-state index in [1.807, 2.05) is 19.1 Å². The second-order valence-electron chi connectivity index (χ2n) is 5.23. The first-order valence-electron chi connectivity index (χ1n) is 7.57. The lowest BCUT2D eigenvalue weighted by atomic mass is 10.1. The maximum absolute atomic E-state index is 5.24. The summed E-state index contributed by atoms with van der Waals surface area (Å²) in [5.74, 6) is 0.766. The quantitative estimate of drug-likeness (QED) is 0.631. The van der Waals surface area contributed by atoms with Crippen LogP contribution in [0.2, 0.25) is 0 Å². The zero-order valence-corrected chi connectivity index (χ0v) is 15.0. The van der Waals surface area contributed by atoms with Crippen molar-refractivity contribution in [2.75, 3.05) is 14.2 Å². The third kappa shape index (κ3) is 5.04. The third-order valence-electron chi connectivity index (χ3n) is 3.57. The molecule has 2 aromatic rings. The number of aryl methyl sites for hydroxylation is 2. The van der Waals surface area contributed by atoms with Crippen molar-refractivity contribution in [3.8, 4) is 0 Å². The second kappa shape index (κ2) is 8.64. The molecule has 0 bridgehead atoms. The summed E-state index contributed by atoms with van der Waals surface area (Å²) in [5, 5.41) is 7.71. The molecule has 0 unspecified atom stereocenters. The van der Waals surface area contributed by atoms with E-state index < -0.39 is 0 Å². The Labute approximate surface area is 141 Å². The lowest BCUT2D eigenvalue weighted by molar-refractivity contribution is 0.184. The zero-order chi connectivity index (χ0) is 16.7. The Kier molecular flexibility index (Phi) is 6.55. The molecule has 124 valence electrons. The molecule has 6 heteroatoms. The number of nitrogens with zero attached hydrogens (tertiary/aromatic N) is 2. The highest BCUT2D eigenvalue weighted by atomic mass is 32.1. The Balaban J connectivity index is 1.90. The second-order valence-corrected chi connectivity index (χ2v) is 6.52. The van der Waals surface area contributed by atoms with Crippen LogP contribution < -0.4 is 10.6 Å². The first-order chi connectivity index (χ1) is 11.1. The molecule has 0 aliphatic carbocycles. The number of guanidine groups is 1. The van der Waals surface area contributed by atoms with Crippen molar-refractivity contribution < 1.29 is 4.74 Å². The van der Waals surface area contributed by atoms with Crippen LogP contribution in [0.25, 0.3) is 0 Å². The summed E-state index contributed by atoms with van der Waals surface area (Å²) in [6.45, 7) is 6.13. The average molecular weight is 332 g/mol. The summed E-state index contributed by atoms with van der Waals surface area (Å²) < 4.78 is 5.24.